The highest BCUT2D eigenvalue weighted by Crippen LogP contribution is 2.23. The Bertz CT molecular complexity index is 1110. The number of hydrogen-bond donors (Lipinski definition) is 1. The molecule has 3 aromatic rings. The lowest BCUT2D eigenvalue weighted by Gasteiger charge is -2.32. The topological polar surface area (TPSA) is 76.5 Å². The molecular formula is C21H21ClN4O3. The number of fused-ring (bicyclic) bond motifs is 1. The Morgan fingerprint density at radius 3 is 2.76 bits per heavy atom. The predicted octanol–water partition coefficient (Wildman–Crippen LogP) is 3.93. The Morgan fingerprint density at radius 1 is 1.21 bits per heavy atom. The van der Waals surface area contributed by atoms with Crippen LogP contribution >= 0.6 is 11.6 Å². The number of urea groups is 1. The van der Waals surface area contributed by atoms with Crippen LogP contribution in [0.25, 0.3) is 10.9 Å². The third-order valence-electron chi connectivity index (χ3n) is 5.21. The maximum absolute atomic E-state index is 12.8. The number of carbonyl (C=O) groups excluding carboxylic acids is 1. The number of carbonyl (C=O) groups is 1. The lowest BCUT2D eigenvalue weighted by Crippen LogP contribution is -2.42. The van der Waals surface area contributed by atoms with Gasteiger partial charge in [-0.25, -0.2) is 9.78 Å². The minimum Gasteiger partial charge on any atom is -0.497 e. The van der Waals surface area contributed by atoms with Crippen LogP contribution in [0.5, 0.6) is 5.75 Å². The van der Waals surface area contributed by atoms with E-state index in [1.54, 1.807) is 47.2 Å². The number of likely N-dealkylation sites (tertiary alicyclic amines) is 1. The Labute approximate surface area is 172 Å². The number of piperidine rings is 1. The van der Waals surface area contributed by atoms with Crippen LogP contribution in [0, 0.1) is 0 Å². The molecule has 0 radical (unpaired) electrons. The zero-order chi connectivity index (χ0) is 20.4. The zero-order valence-corrected chi connectivity index (χ0v) is 16.7. The van der Waals surface area contributed by atoms with Crippen LogP contribution in [-0.4, -0.2) is 40.7 Å². The first-order valence-electron chi connectivity index (χ1n) is 9.41. The molecule has 1 fully saturated rings. The molecule has 1 aliphatic rings. The minimum atomic E-state index is -0.157. The van der Waals surface area contributed by atoms with Gasteiger partial charge in [0.25, 0.3) is 5.56 Å². The highest BCUT2D eigenvalue weighted by atomic mass is 35.5. The summed E-state index contributed by atoms with van der Waals surface area (Å²) in [5.74, 6) is 0.686. The standard InChI is InChI=1S/C21H21ClN4O3/c1-29-17-4-2-3-15(12-17)24-21(28)25-9-7-16(8-10-25)26-13-23-19-11-14(22)5-6-18(19)20(26)27/h2-6,11-13,16H,7-10H2,1H3,(H,24,28). The van der Waals surface area contributed by atoms with Gasteiger partial charge in [-0.2, -0.15) is 0 Å². The third kappa shape index (κ3) is 4.05. The van der Waals surface area contributed by atoms with Gasteiger partial charge < -0.3 is 15.0 Å². The van der Waals surface area contributed by atoms with Crippen molar-refractivity contribution in [1.29, 1.82) is 0 Å². The number of anilines is 1. The highest BCUT2D eigenvalue weighted by molar-refractivity contribution is 6.31. The van der Waals surface area contributed by atoms with Gasteiger partial charge in [-0.1, -0.05) is 17.7 Å². The normalized spacial score (nSPS) is 14.8. The Morgan fingerprint density at radius 2 is 2.00 bits per heavy atom. The van der Waals surface area contributed by atoms with Crippen LogP contribution in [0.3, 0.4) is 0 Å². The van der Waals surface area contributed by atoms with Gasteiger partial charge in [-0.15, -0.1) is 0 Å². The number of methoxy groups -OCH3 is 1. The van der Waals surface area contributed by atoms with Crippen molar-refractivity contribution in [3.8, 4) is 5.75 Å². The second-order valence-electron chi connectivity index (χ2n) is 7.00. The molecule has 0 unspecified atom stereocenters. The van der Waals surface area contributed by atoms with Crippen LogP contribution in [0.2, 0.25) is 5.02 Å². The predicted molar refractivity (Wildman–Crippen MR) is 113 cm³/mol. The van der Waals surface area contributed by atoms with E-state index in [-0.39, 0.29) is 17.6 Å². The number of rotatable bonds is 3. The first-order valence-corrected chi connectivity index (χ1v) is 9.79. The van der Waals surface area contributed by atoms with Crippen molar-refractivity contribution in [1.82, 2.24) is 14.5 Å². The van der Waals surface area contributed by atoms with Crippen LogP contribution in [0.15, 0.2) is 53.6 Å². The summed E-state index contributed by atoms with van der Waals surface area (Å²) in [5.41, 5.74) is 1.20. The maximum Gasteiger partial charge on any atom is 0.321 e. The van der Waals surface area contributed by atoms with E-state index in [4.69, 9.17) is 16.3 Å². The first kappa shape index (κ1) is 19.3. The minimum absolute atomic E-state index is 0.0101. The van der Waals surface area contributed by atoms with Gasteiger partial charge in [0.05, 0.1) is 24.3 Å². The fourth-order valence-corrected chi connectivity index (χ4v) is 3.79. The molecule has 0 bridgehead atoms. The average molecular weight is 413 g/mol. The molecule has 0 atom stereocenters. The fraction of sp³-hybridized carbons (Fsp3) is 0.286. The summed E-state index contributed by atoms with van der Waals surface area (Å²) in [6, 6.07) is 12.2. The van der Waals surface area contributed by atoms with E-state index in [0.717, 1.165) is 0 Å². The number of nitrogens with one attached hydrogen (secondary N) is 1. The van der Waals surface area contributed by atoms with Crippen LogP contribution in [-0.2, 0) is 0 Å². The molecule has 29 heavy (non-hydrogen) atoms. The molecule has 0 saturated carbocycles. The first-order chi connectivity index (χ1) is 14.0. The van der Waals surface area contributed by atoms with Gasteiger partial charge in [-0.3, -0.25) is 9.36 Å². The van der Waals surface area contributed by atoms with E-state index in [1.807, 2.05) is 18.2 Å². The molecule has 1 aromatic heterocycles. The Hall–Kier alpha value is -3.06. The maximum atomic E-state index is 12.8. The summed E-state index contributed by atoms with van der Waals surface area (Å²) in [6.07, 6.45) is 2.95. The number of aromatic nitrogens is 2. The molecule has 1 saturated heterocycles. The smallest absolute Gasteiger partial charge is 0.321 e. The van der Waals surface area contributed by atoms with E-state index >= 15 is 0 Å². The van der Waals surface area contributed by atoms with Crippen LogP contribution in [0.4, 0.5) is 10.5 Å². The number of halogens is 1. The molecule has 2 amide bonds. The molecule has 1 aliphatic heterocycles. The van der Waals surface area contributed by atoms with E-state index in [9.17, 15) is 9.59 Å². The van der Waals surface area contributed by atoms with Crippen molar-refractivity contribution in [2.75, 3.05) is 25.5 Å². The summed E-state index contributed by atoms with van der Waals surface area (Å²) in [7, 11) is 1.59. The fourth-order valence-electron chi connectivity index (χ4n) is 3.62. The lowest BCUT2D eigenvalue weighted by molar-refractivity contribution is 0.182. The van der Waals surface area contributed by atoms with Crippen LogP contribution < -0.4 is 15.6 Å². The quantitative estimate of drug-likeness (QED) is 0.707. The van der Waals surface area contributed by atoms with Crippen molar-refractivity contribution in [3.05, 3.63) is 64.2 Å². The zero-order valence-electron chi connectivity index (χ0n) is 16.0. The van der Waals surface area contributed by atoms with Crippen molar-refractivity contribution >= 4 is 34.2 Å². The number of nitrogens with zero attached hydrogens (tertiary/aromatic N) is 3. The number of ether oxygens (including phenoxy) is 1. The lowest BCUT2D eigenvalue weighted by atomic mass is 10.0. The van der Waals surface area contributed by atoms with E-state index in [2.05, 4.69) is 10.3 Å². The van der Waals surface area contributed by atoms with E-state index in [1.165, 1.54) is 0 Å². The van der Waals surface area contributed by atoms with Crippen molar-refractivity contribution < 1.29 is 9.53 Å². The van der Waals surface area contributed by atoms with Crippen LogP contribution in [0.1, 0.15) is 18.9 Å². The summed E-state index contributed by atoms with van der Waals surface area (Å²) in [4.78, 5) is 31.5. The van der Waals surface area contributed by atoms with Gasteiger partial charge >= 0.3 is 6.03 Å². The SMILES string of the molecule is COc1cccc(NC(=O)N2CCC(n3cnc4cc(Cl)ccc4c3=O)CC2)c1. The summed E-state index contributed by atoms with van der Waals surface area (Å²) >= 11 is 5.98. The van der Waals surface area contributed by atoms with Crippen molar-refractivity contribution in [3.63, 3.8) is 0 Å². The number of hydrogen-bond acceptors (Lipinski definition) is 4. The summed E-state index contributed by atoms with van der Waals surface area (Å²) < 4.78 is 6.86. The highest BCUT2D eigenvalue weighted by Gasteiger charge is 2.25. The largest absolute Gasteiger partial charge is 0.497 e. The Balaban J connectivity index is 1.43. The van der Waals surface area contributed by atoms with Gasteiger partial charge in [-0.05, 0) is 43.2 Å². The third-order valence-corrected chi connectivity index (χ3v) is 5.45. The Kier molecular flexibility index (Phi) is 5.40. The molecule has 2 heterocycles. The number of benzene rings is 2. The molecule has 2 aromatic carbocycles. The summed E-state index contributed by atoms with van der Waals surface area (Å²) in [6.45, 7) is 1.12. The van der Waals surface area contributed by atoms with Gasteiger partial charge in [0.1, 0.15) is 5.75 Å². The monoisotopic (exact) mass is 412 g/mol. The molecule has 1 N–H and O–H groups in total. The van der Waals surface area contributed by atoms with Gasteiger partial charge in [0.15, 0.2) is 0 Å². The molecule has 0 spiro atoms. The second kappa shape index (κ2) is 8.13. The van der Waals surface area contributed by atoms with E-state index in [0.29, 0.717) is 53.3 Å². The molecule has 8 heteroatoms. The molecule has 150 valence electrons. The van der Waals surface area contributed by atoms with Gasteiger partial charge in [0, 0.05) is 35.9 Å². The van der Waals surface area contributed by atoms with Crippen molar-refractivity contribution in [2.24, 2.45) is 0 Å². The summed E-state index contributed by atoms with van der Waals surface area (Å²) in [5, 5.41) is 4.00. The molecule has 7 nitrogen and oxygen atoms in total. The van der Waals surface area contributed by atoms with E-state index < -0.39 is 0 Å². The second-order valence-corrected chi connectivity index (χ2v) is 7.44. The van der Waals surface area contributed by atoms with Crippen molar-refractivity contribution in [2.45, 2.75) is 18.9 Å². The average Bonchev–Trinajstić information content (AvgIpc) is 2.74. The number of amides is 2. The molecule has 0 aliphatic carbocycles. The molecule has 4 rings (SSSR count). The molecular weight excluding hydrogens is 392 g/mol. The van der Waals surface area contributed by atoms with Gasteiger partial charge in [0.2, 0.25) is 0 Å².